The zero-order chi connectivity index (χ0) is 15.6. The second-order valence-electron chi connectivity index (χ2n) is 4.60. The molecule has 0 saturated carbocycles. The van der Waals surface area contributed by atoms with E-state index >= 15 is 0 Å². The fourth-order valence-electron chi connectivity index (χ4n) is 1.11. The van der Waals surface area contributed by atoms with Crippen LogP contribution in [0.15, 0.2) is 0 Å². The molecule has 2 atom stereocenters. The van der Waals surface area contributed by atoms with Crippen LogP contribution in [0.2, 0.25) is 0 Å². The average molecular weight is 261 g/mol. The third kappa shape index (κ3) is 44.9. The Labute approximate surface area is 117 Å². The quantitative estimate of drug-likeness (QED) is 0.658. The molecule has 0 aromatic heterocycles. The highest BCUT2D eigenvalue weighted by Crippen LogP contribution is 2.15. The Hall–Kier alpha value is -0.370. The first-order valence-corrected chi connectivity index (χ1v) is 7.48. The summed E-state index contributed by atoms with van der Waals surface area (Å²) < 4.78 is 0. The Bertz CT molecular complexity index is 122. The number of aldehydes is 1. The lowest BCUT2D eigenvalue weighted by atomic mass is 9.94. The summed E-state index contributed by atoms with van der Waals surface area (Å²) in [5.74, 6) is 1.35. The van der Waals surface area contributed by atoms with Crippen molar-refractivity contribution in [2.45, 2.75) is 67.7 Å². The molecule has 0 radical (unpaired) electrons. The Morgan fingerprint density at radius 3 is 1.50 bits per heavy atom. The maximum Gasteiger partial charge on any atom is 0.120 e. The Morgan fingerprint density at radius 2 is 1.28 bits per heavy atom. The van der Waals surface area contributed by atoms with Gasteiger partial charge in [-0.05, 0) is 39.4 Å². The molecule has 0 fully saturated rings. The molecule has 0 spiro atoms. The molecule has 0 saturated heterocycles. The van der Waals surface area contributed by atoms with Crippen LogP contribution in [-0.4, -0.2) is 32.3 Å². The highest BCUT2D eigenvalue weighted by atomic mass is 16.1. The van der Waals surface area contributed by atoms with Crippen molar-refractivity contribution in [3.8, 4) is 0 Å². The zero-order valence-corrected chi connectivity index (χ0v) is 14.7. The van der Waals surface area contributed by atoms with Gasteiger partial charge in [0.25, 0.3) is 0 Å². The molecule has 0 N–H and O–H groups in total. The molecule has 0 aliphatic heterocycles. The molecular weight excluding hydrogens is 222 g/mol. The van der Waals surface area contributed by atoms with Crippen molar-refractivity contribution in [1.82, 2.24) is 4.90 Å². The molecule has 0 aromatic carbocycles. The van der Waals surface area contributed by atoms with E-state index in [4.69, 9.17) is 0 Å². The van der Waals surface area contributed by atoms with Gasteiger partial charge in [0.2, 0.25) is 0 Å². The van der Waals surface area contributed by atoms with Crippen LogP contribution in [0.3, 0.4) is 0 Å². The lowest BCUT2D eigenvalue weighted by molar-refractivity contribution is -0.108. The molecule has 114 valence electrons. The molecule has 0 amide bonds. The lowest BCUT2D eigenvalue weighted by Crippen LogP contribution is -2.02. The van der Waals surface area contributed by atoms with Crippen molar-refractivity contribution >= 4 is 6.29 Å². The van der Waals surface area contributed by atoms with Crippen molar-refractivity contribution in [2.24, 2.45) is 11.8 Å². The summed E-state index contributed by atoms with van der Waals surface area (Å²) in [6, 6.07) is 0. The molecule has 2 unspecified atom stereocenters. The van der Waals surface area contributed by atoms with E-state index < -0.39 is 0 Å². The van der Waals surface area contributed by atoms with E-state index in [0.717, 1.165) is 18.6 Å². The van der Waals surface area contributed by atoms with Crippen molar-refractivity contribution in [3.63, 3.8) is 0 Å². The van der Waals surface area contributed by atoms with Gasteiger partial charge in [-0.15, -0.1) is 0 Å². The molecule has 18 heavy (non-hydrogen) atoms. The van der Waals surface area contributed by atoms with Crippen LogP contribution in [0.25, 0.3) is 0 Å². The second-order valence-corrected chi connectivity index (χ2v) is 4.60. The van der Waals surface area contributed by atoms with Gasteiger partial charge < -0.3 is 9.69 Å². The minimum absolute atomic E-state index is 0.576. The van der Waals surface area contributed by atoms with Gasteiger partial charge >= 0.3 is 0 Å². The molecule has 2 heteroatoms. The van der Waals surface area contributed by atoms with Gasteiger partial charge in [-0.3, -0.25) is 0 Å². The fourth-order valence-corrected chi connectivity index (χ4v) is 1.11. The van der Waals surface area contributed by atoms with Crippen LogP contribution < -0.4 is 0 Å². The van der Waals surface area contributed by atoms with Gasteiger partial charge in [-0.25, -0.2) is 0 Å². The Balaban J connectivity index is -0.000000102. The molecule has 0 rings (SSSR count). The molecule has 0 aliphatic rings. The maximum absolute atomic E-state index is 10.1. The lowest BCUT2D eigenvalue weighted by Gasteiger charge is -2.12. The van der Waals surface area contributed by atoms with E-state index in [1.54, 1.807) is 0 Å². The van der Waals surface area contributed by atoms with Gasteiger partial charge in [-0.1, -0.05) is 54.9 Å². The van der Waals surface area contributed by atoms with Gasteiger partial charge in [-0.2, -0.15) is 0 Å². The van der Waals surface area contributed by atoms with Gasteiger partial charge in [0.1, 0.15) is 6.29 Å². The third-order valence-corrected chi connectivity index (χ3v) is 2.00. The monoisotopic (exact) mass is 261 g/mol. The summed E-state index contributed by atoms with van der Waals surface area (Å²) >= 11 is 0. The standard InChI is InChI=1S/C9H18O.C3H9N.2C2H6/c1-4-8(2)7-9(3)5-6-10;1-4(2)3;2*1-2/h6,8-9H,4-5,7H2,1-3H3;1-3H3;2*1-2H3. The van der Waals surface area contributed by atoms with E-state index in [0.29, 0.717) is 5.92 Å². The molecule has 0 aliphatic carbocycles. The first-order valence-electron chi connectivity index (χ1n) is 7.48. The smallest absolute Gasteiger partial charge is 0.120 e. The number of carbonyl (C=O) groups is 1. The van der Waals surface area contributed by atoms with E-state index in [2.05, 4.69) is 20.8 Å². The van der Waals surface area contributed by atoms with Crippen molar-refractivity contribution in [1.29, 1.82) is 0 Å². The van der Waals surface area contributed by atoms with E-state index in [-0.39, 0.29) is 0 Å². The first kappa shape index (κ1) is 26.2. The summed E-state index contributed by atoms with van der Waals surface area (Å²) in [6.45, 7) is 14.6. The summed E-state index contributed by atoms with van der Waals surface area (Å²) in [6.07, 6.45) is 4.16. The van der Waals surface area contributed by atoms with Crippen molar-refractivity contribution in [2.75, 3.05) is 21.1 Å². The van der Waals surface area contributed by atoms with Crippen LogP contribution >= 0.6 is 0 Å². The Kier molecular flexibility index (Phi) is 37.1. The molecular formula is C16H39NO. The molecule has 0 bridgehead atoms. The predicted molar refractivity (Wildman–Crippen MR) is 86.2 cm³/mol. The molecule has 0 aromatic rings. The average Bonchev–Trinajstić information content (AvgIpc) is 2.33. The van der Waals surface area contributed by atoms with Crippen molar-refractivity contribution in [3.05, 3.63) is 0 Å². The number of nitrogens with zero attached hydrogens (tertiary/aromatic N) is 1. The normalized spacial score (nSPS) is 11.7. The molecule has 0 heterocycles. The van der Waals surface area contributed by atoms with Crippen LogP contribution in [-0.2, 0) is 4.79 Å². The highest BCUT2D eigenvalue weighted by Gasteiger charge is 2.05. The van der Waals surface area contributed by atoms with E-state index in [1.807, 2.05) is 53.7 Å². The predicted octanol–water partition coefficient (Wildman–Crippen LogP) is 4.88. The SMILES string of the molecule is CC.CC.CCC(C)CC(C)CC=O.CN(C)C. The van der Waals surface area contributed by atoms with Crippen LogP contribution in [0.1, 0.15) is 67.7 Å². The number of hydrogen-bond donors (Lipinski definition) is 0. The largest absolute Gasteiger partial charge is 0.312 e. The number of hydrogen-bond acceptors (Lipinski definition) is 2. The van der Waals surface area contributed by atoms with Crippen LogP contribution in [0.4, 0.5) is 0 Å². The van der Waals surface area contributed by atoms with Gasteiger partial charge in [0.15, 0.2) is 0 Å². The summed E-state index contributed by atoms with van der Waals surface area (Å²) in [4.78, 5) is 12.1. The van der Waals surface area contributed by atoms with Gasteiger partial charge in [0.05, 0.1) is 0 Å². The van der Waals surface area contributed by atoms with Crippen molar-refractivity contribution < 1.29 is 4.79 Å². The summed E-state index contributed by atoms with van der Waals surface area (Å²) in [5.41, 5.74) is 0. The topological polar surface area (TPSA) is 20.3 Å². The minimum atomic E-state index is 0.576. The highest BCUT2D eigenvalue weighted by molar-refractivity contribution is 5.49. The number of carbonyl (C=O) groups excluding carboxylic acids is 1. The van der Waals surface area contributed by atoms with Crippen LogP contribution in [0, 0.1) is 11.8 Å². The second kappa shape index (κ2) is 25.5. The summed E-state index contributed by atoms with van der Waals surface area (Å²) in [7, 11) is 6.00. The fraction of sp³-hybridized carbons (Fsp3) is 0.938. The maximum atomic E-state index is 10.1. The van der Waals surface area contributed by atoms with E-state index in [1.165, 1.54) is 12.8 Å². The van der Waals surface area contributed by atoms with Gasteiger partial charge in [0, 0.05) is 6.42 Å². The Morgan fingerprint density at radius 1 is 0.944 bits per heavy atom. The molecule has 2 nitrogen and oxygen atoms in total. The number of rotatable bonds is 5. The zero-order valence-electron chi connectivity index (χ0n) is 14.7. The minimum Gasteiger partial charge on any atom is -0.312 e. The third-order valence-electron chi connectivity index (χ3n) is 2.00. The first-order chi connectivity index (χ1) is 8.43. The summed E-state index contributed by atoms with van der Waals surface area (Å²) in [5, 5.41) is 0. The van der Waals surface area contributed by atoms with E-state index in [9.17, 15) is 4.79 Å². The van der Waals surface area contributed by atoms with Crippen LogP contribution in [0.5, 0.6) is 0 Å².